The van der Waals surface area contributed by atoms with Crippen LogP contribution in [-0.2, 0) is 17.4 Å². The predicted molar refractivity (Wildman–Crippen MR) is 84.7 cm³/mol. The first-order valence-corrected chi connectivity index (χ1v) is 7.45. The number of aliphatic carboxylic acids is 1. The molecule has 2 aromatic carbocycles. The molecular weight excluding hydrogens is 338 g/mol. The van der Waals surface area contributed by atoms with Crippen molar-refractivity contribution in [3.63, 3.8) is 0 Å². The number of fused-ring (bicyclic) bond motifs is 1. The zero-order chi connectivity index (χ0) is 18.2. The predicted octanol–water partition coefficient (Wildman–Crippen LogP) is 5.01. The summed E-state index contributed by atoms with van der Waals surface area (Å²) in [6.07, 6.45) is -4.66. The molecule has 0 atom stereocenters. The van der Waals surface area contributed by atoms with Crippen molar-refractivity contribution >= 4 is 16.9 Å². The van der Waals surface area contributed by atoms with Crippen molar-refractivity contribution in [2.45, 2.75) is 19.0 Å². The standard InChI is InChI=1S/C18H13F4NO2/c19-12-4-1-10(2-5-12)17-13(6-8-16(24)25)14-9-11(18(20,21)22)3-7-15(14)23-17/h1-5,7,9,23H,6,8H2,(H,24,25). The van der Waals surface area contributed by atoms with E-state index in [1.165, 1.54) is 30.3 Å². The molecule has 0 aliphatic heterocycles. The number of aromatic nitrogens is 1. The number of hydrogen-bond acceptors (Lipinski definition) is 1. The molecule has 0 aliphatic carbocycles. The van der Waals surface area contributed by atoms with E-state index in [-0.39, 0.29) is 12.8 Å². The maximum absolute atomic E-state index is 13.1. The van der Waals surface area contributed by atoms with Crippen LogP contribution in [0, 0.1) is 5.82 Å². The molecular formula is C18H13F4NO2. The van der Waals surface area contributed by atoms with E-state index in [1.807, 2.05) is 0 Å². The van der Waals surface area contributed by atoms with Gasteiger partial charge in [0.25, 0.3) is 0 Å². The SMILES string of the molecule is O=C(O)CCc1c(-c2ccc(F)cc2)[nH]c2ccc(C(F)(F)F)cc12. The number of aromatic amines is 1. The second-order valence-corrected chi connectivity index (χ2v) is 5.64. The lowest BCUT2D eigenvalue weighted by atomic mass is 10.00. The van der Waals surface area contributed by atoms with E-state index in [4.69, 9.17) is 5.11 Å². The van der Waals surface area contributed by atoms with Crippen molar-refractivity contribution in [3.05, 3.63) is 59.4 Å². The maximum Gasteiger partial charge on any atom is 0.416 e. The molecule has 0 unspecified atom stereocenters. The number of H-pyrrole nitrogens is 1. The highest BCUT2D eigenvalue weighted by Gasteiger charge is 2.31. The molecule has 0 bridgehead atoms. The highest BCUT2D eigenvalue weighted by molar-refractivity contribution is 5.91. The Labute approximate surface area is 139 Å². The minimum Gasteiger partial charge on any atom is -0.481 e. The molecule has 1 aromatic heterocycles. The van der Waals surface area contributed by atoms with E-state index in [2.05, 4.69) is 4.98 Å². The van der Waals surface area contributed by atoms with E-state index >= 15 is 0 Å². The number of carboxylic acids is 1. The van der Waals surface area contributed by atoms with Gasteiger partial charge < -0.3 is 10.1 Å². The first kappa shape index (κ1) is 17.0. The summed E-state index contributed by atoms with van der Waals surface area (Å²) < 4.78 is 52.1. The fourth-order valence-electron chi connectivity index (χ4n) is 2.78. The molecule has 3 aromatic rings. The van der Waals surface area contributed by atoms with Crippen LogP contribution in [0.2, 0.25) is 0 Å². The summed E-state index contributed by atoms with van der Waals surface area (Å²) in [5.74, 6) is -1.49. The maximum atomic E-state index is 13.1. The fourth-order valence-corrected chi connectivity index (χ4v) is 2.78. The highest BCUT2D eigenvalue weighted by Crippen LogP contribution is 2.36. The molecule has 2 N–H and O–H groups in total. The minimum atomic E-state index is -4.49. The number of halogens is 4. The Balaban J connectivity index is 2.19. The summed E-state index contributed by atoms with van der Waals surface area (Å²) in [5, 5.41) is 9.24. The number of aryl methyl sites for hydroxylation is 1. The molecule has 3 nitrogen and oxygen atoms in total. The van der Waals surface area contributed by atoms with Gasteiger partial charge in [-0.1, -0.05) is 0 Å². The molecule has 0 spiro atoms. The molecule has 0 aliphatic rings. The average Bonchev–Trinajstić information content (AvgIpc) is 2.90. The van der Waals surface area contributed by atoms with Crippen molar-refractivity contribution < 1.29 is 27.5 Å². The summed E-state index contributed by atoms with van der Waals surface area (Å²) >= 11 is 0. The van der Waals surface area contributed by atoms with Gasteiger partial charge in [-0.3, -0.25) is 4.79 Å². The van der Waals surface area contributed by atoms with Gasteiger partial charge in [0.1, 0.15) is 5.82 Å². The van der Waals surface area contributed by atoms with Crippen LogP contribution in [0.4, 0.5) is 17.6 Å². The Bertz CT molecular complexity index is 927. The van der Waals surface area contributed by atoms with Gasteiger partial charge in [0.2, 0.25) is 0 Å². The lowest BCUT2D eigenvalue weighted by molar-refractivity contribution is -0.138. The van der Waals surface area contributed by atoms with E-state index < -0.39 is 23.5 Å². The van der Waals surface area contributed by atoms with Gasteiger partial charge in [0.05, 0.1) is 5.56 Å². The molecule has 1 heterocycles. The quantitative estimate of drug-likeness (QED) is 0.649. The third-order valence-corrected chi connectivity index (χ3v) is 3.96. The van der Waals surface area contributed by atoms with Crippen molar-refractivity contribution in [1.82, 2.24) is 4.98 Å². The molecule has 25 heavy (non-hydrogen) atoms. The van der Waals surface area contributed by atoms with Crippen LogP contribution in [0.1, 0.15) is 17.5 Å². The monoisotopic (exact) mass is 351 g/mol. The van der Waals surface area contributed by atoms with E-state index in [1.54, 1.807) is 0 Å². The molecule has 0 saturated heterocycles. The fraction of sp³-hybridized carbons (Fsp3) is 0.167. The van der Waals surface area contributed by atoms with Crippen LogP contribution in [-0.4, -0.2) is 16.1 Å². The van der Waals surface area contributed by atoms with Gasteiger partial charge in [0.15, 0.2) is 0 Å². The molecule has 0 fully saturated rings. The summed E-state index contributed by atoms with van der Waals surface area (Å²) in [7, 11) is 0. The Morgan fingerprint density at radius 2 is 1.76 bits per heavy atom. The van der Waals surface area contributed by atoms with Gasteiger partial charge in [-0.2, -0.15) is 13.2 Å². The van der Waals surface area contributed by atoms with Crippen molar-refractivity contribution in [1.29, 1.82) is 0 Å². The van der Waals surface area contributed by atoms with Gasteiger partial charge in [-0.05, 0) is 60.0 Å². The Kier molecular flexibility index (Phi) is 4.24. The van der Waals surface area contributed by atoms with Crippen LogP contribution in [0.15, 0.2) is 42.5 Å². The number of benzene rings is 2. The molecule has 7 heteroatoms. The lowest BCUT2D eigenvalue weighted by Gasteiger charge is -2.07. The molecule has 0 saturated carbocycles. The van der Waals surface area contributed by atoms with Crippen LogP contribution in [0.5, 0.6) is 0 Å². The summed E-state index contributed by atoms with van der Waals surface area (Å²) in [5.41, 5.74) is 1.20. The minimum absolute atomic E-state index is 0.0589. The van der Waals surface area contributed by atoms with Crippen LogP contribution < -0.4 is 0 Å². The van der Waals surface area contributed by atoms with Gasteiger partial charge in [-0.25, -0.2) is 4.39 Å². The zero-order valence-corrected chi connectivity index (χ0v) is 12.8. The number of nitrogens with one attached hydrogen (secondary N) is 1. The Morgan fingerprint density at radius 3 is 2.36 bits per heavy atom. The van der Waals surface area contributed by atoms with Gasteiger partial charge in [0, 0.05) is 23.0 Å². The van der Waals surface area contributed by atoms with Gasteiger partial charge in [-0.15, -0.1) is 0 Å². The topological polar surface area (TPSA) is 53.1 Å². The highest BCUT2D eigenvalue weighted by atomic mass is 19.4. The van der Waals surface area contributed by atoms with E-state index in [9.17, 15) is 22.4 Å². The third kappa shape index (κ3) is 3.50. The van der Waals surface area contributed by atoms with Crippen LogP contribution in [0.3, 0.4) is 0 Å². The average molecular weight is 351 g/mol. The zero-order valence-electron chi connectivity index (χ0n) is 12.8. The third-order valence-electron chi connectivity index (χ3n) is 3.96. The number of hydrogen-bond donors (Lipinski definition) is 2. The van der Waals surface area contributed by atoms with Crippen molar-refractivity contribution in [3.8, 4) is 11.3 Å². The first-order valence-electron chi connectivity index (χ1n) is 7.45. The van der Waals surface area contributed by atoms with Crippen molar-refractivity contribution in [2.24, 2.45) is 0 Å². The van der Waals surface area contributed by atoms with E-state index in [0.29, 0.717) is 27.7 Å². The van der Waals surface area contributed by atoms with Crippen LogP contribution >= 0.6 is 0 Å². The largest absolute Gasteiger partial charge is 0.481 e. The second kappa shape index (κ2) is 6.23. The first-order chi connectivity index (χ1) is 11.8. The number of rotatable bonds is 4. The Morgan fingerprint density at radius 1 is 1.08 bits per heavy atom. The number of carbonyl (C=O) groups is 1. The number of carboxylic acid groups (broad SMARTS) is 1. The smallest absolute Gasteiger partial charge is 0.416 e. The number of alkyl halides is 3. The van der Waals surface area contributed by atoms with Crippen molar-refractivity contribution in [2.75, 3.05) is 0 Å². The molecule has 0 radical (unpaired) electrons. The molecule has 0 amide bonds. The Hall–Kier alpha value is -2.83. The molecule has 3 rings (SSSR count). The molecule has 130 valence electrons. The summed E-state index contributed by atoms with van der Waals surface area (Å²) in [6.45, 7) is 0. The second-order valence-electron chi connectivity index (χ2n) is 5.64. The van der Waals surface area contributed by atoms with Crippen LogP contribution in [0.25, 0.3) is 22.2 Å². The van der Waals surface area contributed by atoms with E-state index in [0.717, 1.165) is 12.1 Å². The summed E-state index contributed by atoms with van der Waals surface area (Å²) in [4.78, 5) is 13.9. The van der Waals surface area contributed by atoms with Gasteiger partial charge >= 0.3 is 12.1 Å². The summed E-state index contributed by atoms with van der Waals surface area (Å²) in [6, 6.07) is 8.76. The lowest BCUT2D eigenvalue weighted by Crippen LogP contribution is -2.04. The normalized spacial score (nSPS) is 11.8.